The average molecular weight is 402 g/mol. The normalized spacial score (nSPS) is 26.4. The predicted molar refractivity (Wildman–Crippen MR) is 102 cm³/mol. The summed E-state index contributed by atoms with van der Waals surface area (Å²) in [5.41, 5.74) is 3.31. The molecule has 4 aliphatic rings. The molecule has 1 aromatic rings. The van der Waals surface area contributed by atoms with Gasteiger partial charge in [0.25, 0.3) is 5.91 Å². The van der Waals surface area contributed by atoms with Crippen LogP contribution in [0.3, 0.4) is 0 Å². The summed E-state index contributed by atoms with van der Waals surface area (Å²) in [4.78, 5) is 18.9. The van der Waals surface area contributed by atoms with Crippen molar-refractivity contribution in [3.63, 3.8) is 0 Å². The maximum Gasteiger partial charge on any atom is 0.263 e. The lowest BCUT2D eigenvalue weighted by Crippen LogP contribution is -2.49. The summed E-state index contributed by atoms with van der Waals surface area (Å²) in [7, 11) is 0. The Balaban J connectivity index is 1.55. The smallest absolute Gasteiger partial charge is 0.263 e. The number of nitrogens with one attached hydrogen (secondary N) is 3. The second-order valence-corrected chi connectivity index (χ2v) is 7.91. The molecular formula is C18H20BrN5O. The van der Waals surface area contributed by atoms with Crippen LogP contribution in [0.4, 0.5) is 5.69 Å². The highest BCUT2D eigenvalue weighted by Crippen LogP contribution is 2.40. The van der Waals surface area contributed by atoms with Gasteiger partial charge in [0.1, 0.15) is 0 Å². The van der Waals surface area contributed by atoms with Crippen molar-refractivity contribution in [3.05, 3.63) is 39.5 Å². The molecule has 2 bridgehead atoms. The standard InChI is InChI=1S/C18H20BrN5O/c1-9-3-12(19)4-10(2)15(9)21-7-14-16(20)22-18(23-17(14)25)24-8-11-5-13(24)6-11/h3-4,7,11,13,21H,5-6,8H2,1-2H3,(H2,20,22,23,25)/b14-7+. The molecule has 130 valence electrons. The summed E-state index contributed by atoms with van der Waals surface area (Å²) in [5, 5.41) is 14.2. The molecule has 0 unspecified atom stereocenters. The van der Waals surface area contributed by atoms with E-state index < -0.39 is 0 Å². The number of nitrogens with zero attached hydrogens (tertiary/aromatic N) is 2. The second-order valence-electron chi connectivity index (χ2n) is 7.00. The number of anilines is 1. The molecule has 3 fully saturated rings. The van der Waals surface area contributed by atoms with Crippen molar-refractivity contribution in [1.82, 2.24) is 10.2 Å². The van der Waals surface area contributed by atoms with Crippen LogP contribution in [0.2, 0.25) is 0 Å². The quantitative estimate of drug-likeness (QED) is 0.666. The fourth-order valence-corrected chi connectivity index (χ4v) is 4.50. The molecule has 6 nitrogen and oxygen atoms in total. The Labute approximate surface area is 155 Å². The van der Waals surface area contributed by atoms with Crippen LogP contribution in [0.1, 0.15) is 24.0 Å². The van der Waals surface area contributed by atoms with Crippen LogP contribution < -0.4 is 10.6 Å². The fourth-order valence-electron chi connectivity index (χ4n) is 3.81. The number of hydrogen-bond donors (Lipinski definition) is 3. The molecule has 3 N–H and O–H groups in total. The summed E-state index contributed by atoms with van der Waals surface area (Å²) in [6.07, 6.45) is 3.92. The number of halogens is 1. The number of amidine groups is 1. The molecule has 0 atom stereocenters. The SMILES string of the molecule is Cc1cc(Br)cc(C)c1N/C=C1\C(=N)N=C(N2CC3CC2C3)NC1=O. The van der Waals surface area contributed by atoms with E-state index in [9.17, 15) is 4.79 Å². The zero-order valence-electron chi connectivity index (χ0n) is 14.2. The maximum atomic E-state index is 12.5. The largest absolute Gasteiger partial charge is 0.360 e. The van der Waals surface area contributed by atoms with E-state index in [4.69, 9.17) is 5.41 Å². The monoisotopic (exact) mass is 401 g/mol. The van der Waals surface area contributed by atoms with Gasteiger partial charge in [-0.25, -0.2) is 0 Å². The van der Waals surface area contributed by atoms with Crippen LogP contribution in [0, 0.1) is 25.2 Å². The Morgan fingerprint density at radius 3 is 2.60 bits per heavy atom. The minimum Gasteiger partial charge on any atom is -0.360 e. The molecule has 3 aliphatic heterocycles. The van der Waals surface area contributed by atoms with Gasteiger partial charge in [-0.05, 0) is 55.9 Å². The first-order valence-corrected chi connectivity index (χ1v) is 9.20. The molecule has 7 heteroatoms. The van der Waals surface area contributed by atoms with Crippen LogP contribution in [-0.2, 0) is 4.79 Å². The van der Waals surface area contributed by atoms with Gasteiger partial charge in [0.15, 0.2) is 5.84 Å². The van der Waals surface area contributed by atoms with Crippen molar-refractivity contribution in [3.8, 4) is 0 Å². The molecule has 5 rings (SSSR count). The summed E-state index contributed by atoms with van der Waals surface area (Å²) in [6.45, 7) is 4.94. The van der Waals surface area contributed by atoms with E-state index in [1.165, 1.54) is 12.8 Å². The number of aliphatic imine (C=N–C) groups is 1. The van der Waals surface area contributed by atoms with Crippen LogP contribution in [0.5, 0.6) is 0 Å². The lowest BCUT2D eigenvalue weighted by Gasteiger charge is -2.29. The number of aryl methyl sites for hydroxylation is 2. The predicted octanol–water partition coefficient (Wildman–Crippen LogP) is 2.92. The first kappa shape index (κ1) is 16.3. The van der Waals surface area contributed by atoms with Crippen molar-refractivity contribution in [2.24, 2.45) is 10.9 Å². The van der Waals surface area contributed by atoms with Gasteiger partial charge in [0.2, 0.25) is 5.96 Å². The molecule has 0 spiro atoms. The highest BCUT2D eigenvalue weighted by molar-refractivity contribution is 9.10. The number of rotatable bonds is 2. The van der Waals surface area contributed by atoms with Crippen LogP contribution in [0.15, 0.2) is 33.4 Å². The molecule has 0 radical (unpaired) electrons. The highest BCUT2D eigenvalue weighted by Gasteiger charge is 2.45. The number of guanidine groups is 1. The first-order chi connectivity index (χ1) is 11.9. The van der Waals surface area contributed by atoms with E-state index in [1.807, 2.05) is 26.0 Å². The Hall–Kier alpha value is -2.15. The van der Waals surface area contributed by atoms with Gasteiger partial charge in [0, 0.05) is 28.9 Å². The number of carbonyl (C=O) groups is 1. The minimum atomic E-state index is -0.279. The van der Waals surface area contributed by atoms with Crippen LogP contribution in [-0.4, -0.2) is 35.2 Å². The summed E-state index contributed by atoms with van der Waals surface area (Å²) in [5.74, 6) is 0.982. The van der Waals surface area contributed by atoms with Gasteiger partial charge in [0.05, 0.1) is 5.57 Å². The van der Waals surface area contributed by atoms with E-state index >= 15 is 0 Å². The summed E-state index contributed by atoms with van der Waals surface area (Å²) >= 11 is 3.48. The second kappa shape index (κ2) is 5.98. The van der Waals surface area contributed by atoms with E-state index in [1.54, 1.807) is 6.20 Å². The molecule has 1 saturated carbocycles. The molecule has 1 aliphatic carbocycles. The van der Waals surface area contributed by atoms with E-state index in [0.717, 1.165) is 33.7 Å². The lowest BCUT2D eigenvalue weighted by molar-refractivity contribution is -0.116. The number of carbonyl (C=O) groups excluding carboxylic acids is 1. The van der Waals surface area contributed by atoms with Crippen LogP contribution in [0.25, 0.3) is 0 Å². The molecule has 0 aromatic heterocycles. The third-order valence-electron chi connectivity index (χ3n) is 5.18. The van der Waals surface area contributed by atoms with Crippen molar-refractivity contribution >= 4 is 39.3 Å². The minimum absolute atomic E-state index is 0.00256. The lowest BCUT2D eigenvalue weighted by atomic mass is 9.86. The van der Waals surface area contributed by atoms with Gasteiger partial charge >= 0.3 is 0 Å². The number of hydrogen-bond acceptors (Lipinski definition) is 4. The first-order valence-electron chi connectivity index (χ1n) is 8.41. The Morgan fingerprint density at radius 2 is 2.04 bits per heavy atom. The van der Waals surface area contributed by atoms with Gasteiger partial charge in [-0.2, -0.15) is 4.99 Å². The van der Waals surface area contributed by atoms with Crippen molar-refractivity contribution < 1.29 is 4.79 Å². The van der Waals surface area contributed by atoms with E-state index in [2.05, 4.69) is 36.5 Å². The Bertz CT molecular complexity index is 815. The molecule has 2 saturated heterocycles. The van der Waals surface area contributed by atoms with E-state index in [-0.39, 0.29) is 17.3 Å². The molecule has 1 aromatic carbocycles. The van der Waals surface area contributed by atoms with Gasteiger partial charge in [-0.1, -0.05) is 15.9 Å². The fraction of sp³-hybridized carbons (Fsp3) is 0.389. The van der Waals surface area contributed by atoms with Crippen molar-refractivity contribution in [2.45, 2.75) is 32.7 Å². The zero-order valence-corrected chi connectivity index (χ0v) is 15.8. The number of amides is 1. The zero-order chi connectivity index (χ0) is 17.7. The molecule has 3 heterocycles. The van der Waals surface area contributed by atoms with Crippen molar-refractivity contribution in [2.75, 3.05) is 11.9 Å². The molecule has 25 heavy (non-hydrogen) atoms. The van der Waals surface area contributed by atoms with Gasteiger partial charge < -0.3 is 10.2 Å². The summed E-state index contributed by atoms with van der Waals surface area (Å²) < 4.78 is 1.02. The summed E-state index contributed by atoms with van der Waals surface area (Å²) in [6, 6.07) is 4.50. The third-order valence-corrected chi connectivity index (χ3v) is 5.64. The van der Waals surface area contributed by atoms with Crippen LogP contribution >= 0.6 is 15.9 Å². The maximum absolute atomic E-state index is 12.5. The number of benzene rings is 1. The van der Waals surface area contributed by atoms with Gasteiger partial charge in [-0.3, -0.25) is 15.5 Å². The average Bonchev–Trinajstić information content (AvgIpc) is 3.08. The Morgan fingerprint density at radius 1 is 1.36 bits per heavy atom. The van der Waals surface area contributed by atoms with E-state index in [0.29, 0.717) is 12.0 Å². The third kappa shape index (κ3) is 2.86. The highest BCUT2D eigenvalue weighted by atomic mass is 79.9. The van der Waals surface area contributed by atoms with Crippen molar-refractivity contribution in [1.29, 1.82) is 5.41 Å². The van der Waals surface area contributed by atoms with Gasteiger partial charge in [-0.15, -0.1) is 0 Å². The molecule has 1 amide bonds. The molecular weight excluding hydrogens is 382 g/mol. The number of fused-ring (bicyclic) bond motifs is 1. The topological polar surface area (TPSA) is 80.6 Å². The Kier molecular flexibility index (Phi) is 3.91.